The first-order chi connectivity index (χ1) is 9.16. The fourth-order valence-corrected chi connectivity index (χ4v) is 1.05. The summed E-state index contributed by atoms with van der Waals surface area (Å²) in [5.41, 5.74) is 0. The van der Waals surface area contributed by atoms with E-state index in [1.807, 2.05) is 0 Å². The maximum Gasteiger partial charge on any atom is 0.443 e. The third-order valence-corrected chi connectivity index (χ3v) is 2.86. The van der Waals surface area contributed by atoms with Gasteiger partial charge in [-0.15, -0.1) is 0 Å². The first kappa shape index (κ1) is 21.3. The van der Waals surface area contributed by atoms with E-state index >= 15 is 0 Å². The summed E-state index contributed by atoms with van der Waals surface area (Å²) in [6.07, 6.45) is -5.00. The molecule has 0 aromatic rings. The lowest BCUT2D eigenvalue weighted by molar-refractivity contribution is -0.359. The van der Waals surface area contributed by atoms with Gasteiger partial charge in [-0.05, 0) is 6.92 Å². The molecule has 1 heterocycles. The van der Waals surface area contributed by atoms with Crippen LogP contribution in [0.3, 0.4) is 0 Å². The van der Waals surface area contributed by atoms with Gasteiger partial charge in [0.15, 0.2) is 0 Å². The minimum absolute atomic E-state index is 0.188. The Morgan fingerprint density at radius 3 is 0.955 bits per heavy atom. The van der Waals surface area contributed by atoms with Crippen molar-refractivity contribution in [2.75, 3.05) is 0 Å². The molecule has 0 spiro atoms. The summed E-state index contributed by atoms with van der Waals surface area (Å²) in [4.78, 5) is 0. The highest BCUT2D eigenvalue weighted by atomic mass is 19.4. The first-order valence-electron chi connectivity index (χ1n) is 5.77. The molecule has 11 heteroatoms. The van der Waals surface area contributed by atoms with Gasteiger partial charge in [-0.3, -0.25) is 0 Å². The number of hydrogen-bond donors (Lipinski definition) is 0. The molecular formula is C11H15F9O2. The summed E-state index contributed by atoms with van der Waals surface area (Å²) in [5, 5.41) is 0. The maximum absolute atomic E-state index is 13.2. The lowest BCUT2D eigenvalue weighted by Gasteiger charge is -2.25. The van der Waals surface area contributed by atoms with Crippen LogP contribution in [0, 0.1) is 0 Å². The molecule has 2 nitrogen and oxygen atoms in total. The first-order valence-corrected chi connectivity index (χ1v) is 5.77. The summed E-state index contributed by atoms with van der Waals surface area (Å²) in [6, 6.07) is 0. The number of alkyl halides is 9. The molecule has 0 amide bonds. The van der Waals surface area contributed by atoms with E-state index in [0.717, 1.165) is 0 Å². The molecule has 1 aliphatic rings. The van der Waals surface area contributed by atoms with Crippen molar-refractivity contribution in [3.8, 4) is 0 Å². The molecule has 0 radical (unpaired) electrons. The minimum atomic E-state index is -5.00. The van der Waals surface area contributed by atoms with Crippen LogP contribution in [-0.2, 0) is 9.47 Å². The number of ether oxygens (including phenoxy) is 2. The zero-order chi connectivity index (χ0) is 18.4. The van der Waals surface area contributed by atoms with E-state index < -0.39 is 35.5 Å². The van der Waals surface area contributed by atoms with Crippen LogP contribution >= 0.6 is 0 Å². The fourth-order valence-electron chi connectivity index (χ4n) is 1.05. The van der Waals surface area contributed by atoms with Crippen molar-refractivity contribution in [2.45, 2.75) is 70.1 Å². The molecule has 0 aromatic carbocycles. The standard InChI is InChI=1S/C7H9F5O2.C4H6F4/c1-4(8)5(2,9)14-6(3,13-4)7(10,11)12;1-3(5,6)4(2,7)8/h1-3H3;1-2H3. The SMILES string of the molecule is CC(F)(F)C(C)(F)F.CC1(F)OC(C)(C(F)(F)F)OC1(C)F. The normalized spacial score (nSPS) is 36.8. The molecule has 1 fully saturated rings. The Hall–Kier alpha value is -0.710. The summed E-state index contributed by atoms with van der Waals surface area (Å²) in [5.74, 6) is -17.3. The van der Waals surface area contributed by atoms with E-state index in [4.69, 9.17) is 0 Å². The summed E-state index contributed by atoms with van der Waals surface area (Å²) < 4.78 is 117. The summed E-state index contributed by atoms with van der Waals surface area (Å²) in [6.45, 7) is 1.89. The van der Waals surface area contributed by atoms with Gasteiger partial charge < -0.3 is 9.47 Å². The summed E-state index contributed by atoms with van der Waals surface area (Å²) >= 11 is 0. The van der Waals surface area contributed by atoms with Gasteiger partial charge in [-0.25, -0.2) is 26.3 Å². The number of rotatable bonds is 1. The average molecular weight is 350 g/mol. The van der Waals surface area contributed by atoms with Gasteiger partial charge in [0.2, 0.25) is 0 Å². The van der Waals surface area contributed by atoms with Crippen molar-refractivity contribution in [3.05, 3.63) is 0 Å². The smallest absolute Gasteiger partial charge is 0.300 e. The quantitative estimate of drug-likeness (QED) is 0.621. The molecule has 0 N–H and O–H groups in total. The highest BCUT2D eigenvalue weighted by Gasteiger charge is 2.71. The van der Waals surface area contributed by atoms with Gasteiger partial charge >= 0.3 is 18.0 Å². The highest BCUT2D eigenvalue weighted by molar-refractivity contribution is 4.93. The van der Waals surface area contributed by atoms with Crippen molar-refractivity contribution in [2.24, 2.45) is 0 Å². The van der Waals surface area contributed by atoms with Crippen molar-refractivity contribution in [1.82, 2.24) is 0 Å². The van der Waals surface area contributed by atoms with E-state index in [9.17, 15) is 39.5 Å². The Balaban J connectivity index is 0.000000472. The fraction of sp³-hybridized carbons (Fsp3) is 1.00. The Morgan fingerprint density at radius 1 is 0.636 bits per heavy atom. The molecule has 2 unspecified atom stereocenters. The van der Waals surface area contributed by atoms with Crippen LogP contribution < -0.4 is 0 Å². The van der Waals surface area contributed by atoms with Crippen molar-refractivity contribution < 1.29 is 49.0 Å². The Labute approximate surface area is 120 Å². The molecular weight excluding hydrogens is 335 g/mol. The zero-order valence-corrected chi connectivity index (χ0v) is 12.2. The Bertz CT molecular complexity index is 362. The van der Waals surface area contributed by atoms with Gasteiger partial charge in [-0.1, -0.05) is 0 Å². The molecule has 2 atom stereocenters. The molecule has 1 saturated heterocycles. The van der Waals surface area contributed by atoms with E-state index in [1.54, 1.807) is 0 Å². The lowest BCUT2D eigenvalue weighted by Crippen LogP contribution is -2.44. The second kappa shape index (κ2) is 5.43. The predicted octanol–water partition coefficient (Wildman–Crippen LogP) is 4.98. The second-order valence-corrected chi connectivity index (χ2v) is 5.26. The van der Waals surface area contributed by atoms with Gasteiger partial charge in [0, 0.05) is 27.7 Å². The van der Waals surface area contributed by atoms with Crippen LogP contribution in [0.2, 0.25) is 0 Å². The Morgan fingerprint density at radius 2 is 0.864 bits per heavy atom. The van der Waals surface area contributed by atoms with Crippen LogP contribution in [-0.4, -0.2) is 35.5 Å². The molecule has 0 bridgehead atoms. The van der Waals surface area contributed by atoms with Crippen molar-refractivity contribution >= 4 is 0 Å². The third-order valence-electron chi connectivity index (χ3n) is 2.86. The van der Waals surface area contributed by atoms with Crippen LogP contribution in [0.4, 0.5) is 39.5 Å². The third kappa shape index (κ3) is 4.40. The van der Waals surface area contributed by atoms with Crippen LogP contribution in [0.15, 0.2) is 0 Å². The molecule has 1 rings (SSSR count). The molecule has 0 aromatic heterocycles. The highest BCUT2D eigenvalue weighted by Crippen LogP contribution is 2.51. The van der Waals surface area contributed by atoms with Gasteiger partial charge in [0.05, 0.1) is 0 Å². The summed E-state index contributed by atoms with van der Waals surface area (Å²) in [7, 11) is 0. The van der Waals surface area contributed by atoms with Gasteiger partial charge in [-0.2, -0.15) is 13.2 Å². The van der Waals surface area contributed by atoms with Crippen LogP contribution in [0.1, 0.15) is 34.6 Å². The maximum atomic E-state index is 13.2. The second-order valence-electron chi connectivity index (χ2n) is 5.26. The predicted molar refractivity (Wildman–Crippen MR) is 56.9 cm³/mol. The molecule has 22 heavy (non-hydrogen) atoms. The average Bonchev–Trinajstić information content (AvgIpc) is 2.26. The number of halogens is 9. The topological polar surface area (TPSA) is 18.5 Å². The monoisotopic (exact) mass is 350 g/mol. The number of hydrogen-bond acceptors (Lipinski definition) is 2. The molecule has 1 aliphatic heterocycles. The Kier molecular flexibility index (Phi) is 5.25. The van der Waals surface area contributed by atoms with Crippen LogP contribution in [0.25, 0.3) is 0 Å². The van der Waals surface area contributed by atoms with Gasteiger partial charge in [0.1, 0.15) is 0 Å². The minimum Gasteiger partial charge on any atom is -0.300 e. The van der Waals surface area contributed by atoms with Crippen molar-refractivity contribution in [1.29, 1.82) is 0 Å². The van der Waals surface area contributed by atoms with Gasteiger partial charge in [0.25, 0.3) is 17.5 Å². The van der Waals surface area contributed by atoms with E-state index in [-0.39, 0.29) is 13.8 Å². The van der Waals surface area contributed by atoms with E-state index in [1.165, 1.54) is 0 Å². The van der Waals surface area contributed by atoms with Crippen molar-refractivity contribution in [3.63, 3.8) is 0 Å². The molecule has 0 aliphatic carbocycles. The zero-order valence-electron chi connectivity index (χ0n) is 12.2. The van der Waals surface area contributed by atoms with E-state index in [2.05, 4.69) is 9.47 Å². The van der Waals surface area contributed by atoms with Crippen LogP contribution in [0.5, 0.6) is 0 Å². The molecule has 134 valence electrons. The van der Waals surface area contributed by atoms with E-state index in [0.29, 0.717) is 20.8 Å². The lowest BCUT2D eigenvalue weighted by atomic mass is 10.2. The largest absolute Gasteiger partial charge is 0.443 e. The molecule has 0 saturated carbocycles.